The Morgan fingerprint density at radius 2 is 2.07 bits per heavy atom. The Morgan fingerprint density at radius 3 is 2.74 bits per heavy atom. The van der Waals surface area contributed by atoms with Crippen molar-refractivity contribution in [2.24, 2.45) is 0 Å². The maximum absolute atomic E-state index is 12.8. The number of nitrogens with zero attached hydrogens (tertiary/aromatic N) is 2. The van der Waals surface area contributed by atoms with E-state index in [1.54, 1.807) is 4.57 Å². The molecule has 0 bridgehead atoms. The number of aryl methyl sites for hydroxylation is 3. The maximum Gasteiger partial charge on any atom is 0.263 e. The van der Waals surface area contributed by atoms with Gasteiger partial charge in [-0.05, 0) is 66.9 Å². The molecule has 0 aliphatic rings. The summed E-state index contributed by atoms with van der Waals surface area (Å²) in [6, 6.07) is 5.76. The third kappa shape index (κ3) is 4.12. The molecular formula is C19H20BrN3O2S2. The summed E-state index contributed by atoms with van der Waals surface area (Å²) in [5.74, 6) is 0.0433. The number of halogens is 1. The Labute approximate surface area is 174 Å². The Hall–Kier alpha value is -1.64. The Balaban J connectivity index is 1.82. The Morgan fingerprint density at radius 1 is 1.33 bits per heavy atom. The second kappa shape index (κ2) is 8.16. The van der Waals surface area contributed by atoms with Gasteiger partial charge in [0.05, 0.1) is 16.8 Å². The lowest BCUT2D eigenvalue weighted by Gasteiger charge is -2.11. The van der Waals surface area contributed by atoms with Gasteiger partial charge in [-0.1, -0.05) is 17.8 Å². The number of fused-ring (bicyclic) bond motifs is 1. The normalized spacial score (nSPS) is 11.1. The zero-order valence-corrected chi connectivity index (χ0v) is 18.8. The lowest BCUT2D eigenvalue weighted by atomic mass is 10.2. The number of amides is 1. The number of carbonyl (C=O) groups is 1. The van der Waals surface area contributed by atoms with Crippen LogP contribution in [0.15, 0.2) is 32.6 Å². The van der Waals surface area contributed by atoms with Crippen molar-refractivity contribution < 1.29 is 4.79 Å². The van der Waals surface area contributed by atoms with E-state index in [4.69, 9.17) is 0 Å². The van der Waals surface area contributed by atoms with Gasteiger partial charge in [0.15, 0.2) is 5.16 Å². The molecule has 3 rings (SSSR count). The number of thiophene rings is 1. The smallest absolute Gasteiger partial charge is 0.263 e. The number of anilines is 1. The predicted molar refractivity (Wildman–Crippen MR) is 117 cm³/mol. The van der Waals surface area contributed by atoms with Gasteiger partial charge in [0.25, 0.3) is 5.56 Å². The molecule has 3 aromatic rings. The van der Waals surface area contributed by atoms with Crippen molar-refractivity contribution >= 4 is 60.8 Å². The molecular weight excluding hydrogens is 446 g/mol. The van der Waals surface area contributed by atoms with Crippen LogP contribution in [0, 0.1) is 20.8 Å². The maximum atomic E-state index is 12.8. The van der Waals surface area contributed by atoms with Crippen LogP contribution in [0.5, 0.6) is 0 Å². The van der Waals surface area contributed by atoms with E-state index >= 15 is 0 Å². The number of aromatic nitrogens is 2. The van der Waals surface area contributed by atoms with Crippen molar-refractivity contribution in [2.45, 2.75) is 39.4 Å². The first-order chi connectivity index (χ1) is 12.8. The largest absolute Gasteiger partial charge is 0.324 e. The number of carbonyl (C=O) groups excluding carboxylic acids is 1. The summed E-state index contributed by atoms with van der Waals surface area (Å²) in [5, 5.41) is 4.16. The fourth-order valence-electron chi connectivity index (χ4n) is 2.74. The average molecular weight is 466 g/mol. The van der Waals surface area contributed by atoms with E-state index in [1.807, 2.05) is 45.9 Å². The van der Waals surface area contributed by atoms with Gasteiger partial charge in [-0.2, -0.15) is 0 Å². The van der Waals surface area contributed by atoms with Crippen LogP contribution in [0.3, 0.4) is 0 Å². The third-order valence-corrected chi connectivity index (χ3v) is 7.03. The van der Waals surface area contributed by atoms with Crippen molar-refractivity contribution in [1.82, 2.24) is 9.55 Å². The van der Waals surface area contributed by atoms with Crippen LogP contribution in [0.1, 0.15) is 22.9 Å². The molecule has 2 aromatic heterocycles. The molecule has 0 atom stereocenters. The minimum absolute atomic E-state index is 0.0338. The highest BCUT2D eigenvalue weighted by Crippen LogP contribution is 2.29. The molecule has 0 spiro atoms. The fraction of sp³-hybridized carbons (Fsp3) is 0.316. The second-order valence-electron chi connectivity index (χ2n) is 6.23. The molecule has 27 heavy (non-hydrogen) atoms. The molecule has 5 nitrogen and oxygen atoms in total. The quantitative estimate of drug-likeness (QED) is 0.429. The zero-order chi connectivity index (χ0) is 19.7. The molecule has 0 unspecified atom stereocenters. The van der Waals surface area contributed by atoms with Crippen LogP contribution in [0.2, 0.25) is 0 Å². The van der Waals surface area contributed by atoms with Gasteiger partial charge in [-0.15, -0.1) is 11.3 Å². The highest BCUT2D eigenvalue weighted by molar-refractivity contribution is 9.10. The first kappa shape index (κ1) is 20.1. The first-order valence-corrected chi connectivity index (χ1v) is 11.1. The minimum atomic E-state index is -0.139. The number of hydrogen-bond donors (Lipinski definition) is 1. The summed E-state index contributed by atoms with van der Waals surface area (Å²) in [7, 11) is 0. The number of hydrogen-bond acceptors (Lipinski definition) is 5. The van der Waals surface area contributed by atoms with E-state index in [9.17, 15) is 9.59 Å². The zero-order valence-electron chi connectivity index (χ0n) is 15.6. The summed E-state index contributed by atoms with van der Waals surface area (Å²) < 4.78 is 2.48. The molecule has 0 aliphatic heterocycles. The summed E-state index contributed by atoms with van der Waals surface area (Å²) in [4.78, 5) is 31.7. The van der Waals surface area contributed by atoms with Crippen molar-refractivity contribution in [3.63, 3.8) is 0 Å². The van der Waals surface area contributed by atoms with Gasteiger partial charge < -0.3 is 5.32 Å². The number of rotatable bonds is 5. The van der Waals surface area contributed by atoms with E-state index in [0.29, 0.717) is 17.1 Å². The molecule has 2 heterocycles. The summed E-state index contributed by atoms with van der Waals surface area (Å²) in [6.07, 6.45) is 0. The molecule has 0 fully saturated rings. The van der Waals surface area contributed by atoms with Crippen LogP contribution in [0.4, 0.5) is 5.69 Å². The summed E-state index contributed by atoms with van der Waals surface area (Å²) >= 11 is 6.27. The topological polar surface area (TPSA) is 64.0 Å². The van der Waals surface area contributed by atoms with E-state index in [2.05, 4.69) is 26.2 Å². The second-order valence-corrected chi connectivity index (χ2v) is 9.23. The molecule has 0 aliphatic carbocycles. The van der Waals surface area contributed by atoms with Crippen molar-refractivity contribution in [3.05, 3.63) is 49.0 Å². The minimum Gasteiger partial charge on any atom is -0.324 e. The molecule has 1 aromatic carbocycles. The van der Waals surface area contributed by atoms with Crippen LogP contribution >= 0.6 is 39.0 Å². The molecule has 1 N–H and O–H groups in total. The number of benzene rings is 1. The highest BCUT2D eigenvalue weighted by Gasteiger charge is 2.17. The van der Waals surface area contributed by atoms with E-state index < -0.39 is 0 Å². The molecule has 0 saturated heterocycles. The van der Waals surface area contributed by atoms with Crippen LogP contribution in [-0.4, -0.2) is 21.2 Å². The van der Waals surface area contributed by atoms with Gasteiger partial charge in [-0.25, -0.2) is 4.98 Å². The Kier molecular flexibility index (Phi) is 6.08. The summed E-state index contributed by atoms with van der Waals surface area (Å²) in [6.45, 7) is 8.38. The van der Waals surface area contributed by atoms with E-state index in [-0.39, 0.29) is 17.2 Å². The Bertz CT molecular complexity index is 1090. The van der Waals surface area contributed by atoms with Gasteiger partial charge in [-0.3, -0.25) is 14.2 Å². The third-order valence-electron chi connectivity index (χ3n) is 4.30. The van der Waals surface area contributed by atoms with Gasteiger partial charge in [0.1, 0.15) is 4.83 Å². The van der Waals surface area contributed by atoms with Crippen LogP contribution < -0.4 is 10.9 Å². The van der Waals surface area contributed by atoms with Crippen molar-refractivity contribution in [2.75, 3.05) is 11.1 Å². The summed E-state index contributed by atoms with van der Waals surface area (Å²) in [5.41, 5.74) is 2.80. The van der Waals surface area contributed by atoms with E-state index in [1.165, 1.54) is 23.1 Å². The molecule has 1 amide bonds. The molecule has 8 heteroatoms. The van der Waals surface area contributed by atoms with Crippen LogP contribution in [0.25, 0.3) is 10.2 Å². The first-order valence-electron chi connectivity index (χ1n) is 8.51. The average Bonchev–Trinajstić information content (AvgIpc) is 2.90. The number of nitrogens with one attached hydrogen (secondary N) is 1. The van der Waals surface area contributed by atoms with Gasteiger partial charge in [0, 0.05) is 15.9 Å². The van der Waals surface area contributed by atoms with Crippen LogP contribution in [-0.2, 0) is 11.3 Å². The van der Waals surface area contributed by atoms with E-state index in [0.717, 1.165) is 31.0 Å². The van der Waals surface area contributed by atoms with Crippen molar-refractivity contribution in [3.8, 4) is 0 Å². The lowest BCUT2D eigenvalue weighted by molar-refractivity contribution is -0.113. The molecule has 142 valence electrons. The van der Waals surface area contributed by atoms with Gasteiger partial charge >= 0.3 is 0 Å². The SMILES string of the molecule is CCn1c(SCC(=O)Nc2ccc(C)cc2Br)nc2sc(C)c(C)c2c1=O. The monoisotopic (exact) mass is 465 g/mol. The predicted octanol–water partition coefficient (Wildman–Crippen LogP) is 4.90. The van der Waals surface area contributed by atoms with Gasteiger partial charge in [0.2, 0.25) is 5.91 Å². The number of thioether (sulfide) groups is 1. The highest BCUT2D eigenvalue weighted by atomic mass is 79.9. The lowest BCUT2D eigenvalue weighted by Crippen LogP contribution is -2.23. The molecule has 0 saturated carbocycles. The van der Waals surface area contributed by atoms with Crippen molar-refractivity contribution in [1.29, 1.82) is 0 Å². The fourth-order valence-corrected chi connectivity index (χ4v) is 5.26. The standard InChI is InChI=1S/C19H20BrN3O2S2/c1-5-23-18(25)16-11(3)12(4)27-17(16)22-19(23)26-9-15(24)21-14-7-6-10(2)8-13(14)20/h6-8H,5,9H2,1-4H3,(H,21,24). The molecule has 0 radical (unpaired) electrons.